The number of aromatic nitrogens is 3. The van der Waals surface area contributed by atoms with Gasteiger partial charge in [0.05, 0.1) is 12.1 Å². The van der Waals surface area contributed by atoms with Crippen molar-refractivity contribution in [3.63, 3.8) is 0 Å². The van der Waals surface area contributed by atoms with E-state index in [0.29, 0.717) is 12.2 Å². The SMILES string of the molecule is O=C(NCc1nc2ncccc2[nH]1)[C@H]1C[C@@]12CCc1ccccc12. The molecule has 2 aliphatic rings. The summed E-state index contributed by atoms with van der Waals surface area (Å²) in [6, 6.07) is 12.4. The molecule has 2 heterocycles. The van der Waals surface area contributed by atoms with E-state index in [2.05, 4.69) is 44.5 Å². The maximum Gasteiger partial charge on any atom is 0.224 e. The minimum absolute atomic E-state index is 0.0934. The lowest BCUT2D eigenvalue weighted by atomic mass is 9.95. The van der Waals surface area contributed by atoms with Crippen molar-refractivity contribution < 1.29 is 4.79 Å². The van der Waals surface area contributed by atoms with Crippen LogP contribution in [-0.4, -0.2) is 20.9 Å². The second-order valence-corrected chi connectivity index (χ2v) is 6.85. The Morgan fingerprint density at radius 1 is 1.29 bits per heavy atom. The van der Waals surface area contributed by atoms with Crippen LogP contribution in [0.5, 0.6) is 0 Å². The third-order valence-corrected chi connectivity index (χ3v) is 5.52. The Balaban J connectivity index is 1.29. The number of aryl methyl sites for hydroxylation is 1. The fraction of sp³-hybridized carbons (Fsp3) is 0.316. The Kier molecular flexibility index (Phi) is 2.80. The quantitative estimate of drug-likeness (QED) is 0.779. The van der Waals surface area contributed by atoms with Crippen LogP contribution in [0.15, 0.2) is 42.6 Å². The molecule has 0 radical (unpaired) electrons. The number of carbonyl (C=O) groups is 1. The van der Waals surface area contributed by atoms with Crippen LogP contribution in [0.25, 0.3) is 11.2 Å². The Labute approximate surface area is 139 Å². The number of hydrogen-bond acceptors (Lipinski definition) is 3. The number of aromatic amines is 1. The van der Waals surface area contributed by atoms with Crippen LogP contribution in [0.4, 0.5) is 0 Å². The summed E-state index contributed by atoms with van der Waals surface area (Å²) in [7, 11) is 0. The van der Waals surface area contributed by atoms with Gasteiger partial charge in [-0.25, -0.2) is 9.97 Å². The predicted octanol–water partition coefficient (Wildman–Crippen LogP) is 2.48. The van der Waals surface area contributed by atoms with Crippen LogP contribution in [0.2, 0.25) is 0 Å². The van der Waals surface area contributed by atoms with Gasteiger partial charge in [-0.05, 0) is 42.5 Å². The minimum atomic E-state index is 0.0934. The molecule has 120 valence electrons. The zero-order valence-corrected chi connectivity index (χ0v) is 13.2. The molecule has 2 aromatic heterocycles. The molecule has 3 aromatic rings. The van der Waals surface area contributed by atoms with Crippen LogP contribution in [0.1, 0.15) is 29.8 Å². The highest BCUT2D eigenvalue weighted by molar-refractivity contribution is 5.85. The monoisotopic (exact) mass is 318 g/mol. The fourth-order valence-corrected chi connectivity index (χ4v) is 4.21. The zero-order valence-electron chi connectivity index (χ0n) is 13.2. The summed E-state index contributed by atoms with van der Waals surface area (Å²) >= 11 is 0. The highest BCUT2D eigenvalue weighted by atomic mass is 16.2. The summed E-state index contributed by atoms with van der Waals surface area (Å²) in [4.78, 5) is 24.4. The van der Waals surface area contributed by atoms with Crippen LogP contribution in [-0.2, 0) is 23.2 Å². The minimum Gasteiger partial charge on any atom is -0.349 e. The maximum absolute atomic E-state index is 12.6. The number of fused-ring (bicyclic) bond motifs is 3. The number of imidazole rings is 1. The van der Waals surface area contributed by atoms with Gasteiger partial charge < -0.3 is 10.3 Å². The van der Waals surface area contributed by atoms with Gasteiger partial charge in [-0.2, -0.15) is 0 Å². The molecular formula is C19H18N4O. The molecule has 1 saturated carbocycles. The average Bonchev–Trinajstić information content (AvgIpc) is 3.01. The first-order valence-electron chi connectivity index (χ1n) is 8.42. The number of H-pyrrole nitrogens is 1. The largest absolute Gasteiger partial charge is 0.349 e. The molecule has 1 spiro atoms. The molecule has 1 amide bonds. The van der Waals surface area contributed by atoms with E-state index in [1.807, 2.05) is 12.1 Å². The molecular weight excluding hydrogens is 300 g/mol. The van der Waals surface area contributed by atoms with E-state index < -0.39 is 0 Å². The van der Waals surface area contributed by atoms with Gasteiger partial charge >= 0.3 is 0 Å². The third-order valence-electron chi connectivity index (χ3n) is 5.52. The van der Waals surface area contributed by atoms with Gasteiger partial charge in [0, 0.05) is 17.5 Å². The van der Waals surface area contributed by atoms with Gasteiger partial charge in [0.25, 0.3) is 0 Å². The van der Waals surface area contributed by atoms with E-state index in [0.717, 1.165) is 30.6 Å². The first-order chi connectivity index (χ1) is 11.8. The molecule has 0 aliphatic heterocycles. The topological polar surface area (TPSA) is 70.7 Å². The van der Waals surface area contributed by atoms with Crippen molar-refractivity contribution in [3.8, 4) is 0 Å². The van der Waals surface area contributed by atoms with E-state index >= 15 is 0 Å². The van der Waals surface area contributed by atoms with Crippen molar-refractivity contribution in [1.29, 1.82) is 0 Å². The number of pyridine rings is 1. The van der Waals surface area contributed by atoms with Crippen molar-refractivity contribution in [1.82, 2.24) is 20.3 Å². The molecule has 1 aromatic carbocycles. The van der Waals surface area contributed by atoms with Crippen molar-refractivity contribution in [2.75, 3.05) is 0 Å². The molecule has 0 saturated heterocycles. The molecule has 1 fully saturated rings. The zero-order chi connectivity index (χ0) is 16.1. The fourth-order valence-electron chi connectivity index (χ4n) is 4.21. The molecule has 5 nitrogen and oxygen atoms in total. The molecule has 2 atom stereocenters. The first-order valence-corrected chi connectivity index (χ1v) is 8.42. The number of amides is 1. The van der Waals surface area contributed by atoms with E-state index in [1.165, 1.54) is 11.1 Å². The van der Waals surface area contributed by atoms with Crippen LogP contribution in [0.3, 0.4) is 0 Å². The van der Waals surface area contributed by atoms with Gasteiger partial charge in [0.15, 0.2) is 5.65 Å². The standard InChI is InChI=1S/C19H18N4O/c24-18(21-11-16-22-15-6-3-9-20-17(15)23-16)14-10-19(14)8-7-12-4-1-2-5-13(12)19/h1-6,9,14H,7-8,10-11H2,(H,21,24)(H,20,22,23)/t14-,19-/m1/s1. The first kappa shape index (κ1) is 13.7. The Morgan fingerprint density at radius 3 is 3.12 bits per heavy atom. The molecule has 5 heteroatoms. The van der Waals surface area contributed by atoms with Gasteiger partial charge in [0.2, 0.25) is 5.91 Å². The number of rotatable bonds is 3. The van der Waals surface area contributed by atoms with Gasteiger partial charge in [0.1, 0.15) is 5.82 Å². The van der Waals surface area contributed by atoms with Gasteiger partial charge in [-0.1, -0.05) is 24.3 Å². The number of benzene rings is 1. The van der Waals surface area contributed by atoms with Gasteiger partial charge in [-0.3, -0.25) is 4.79 Å². The average molecular weight is 318 g/mol. The normalized spacial score (nSPS) is 24.2. The number of nitrogens with one attached hydrogen (secondary N) is 2. The third kappa shape index (κ3) is 1.97. The number of hydrogen-bond donors (Lipinski definition) is 2. The van der Waals surface area contributed by atoms with E-state index in [1.54, 1.807) is 6.20 Å². The van der Waals surface area contributed by atoms with Crippen molar-refractivity contribution >= 4 is 17.1 Å². The van der Waals surface area contributed by atoms with E-state index in [-0.39, 0.29) is 17.2 Å². The number of carbonyl (C=O) groups excluding carboxylic acids is 1. The molecule has 5 rings (SSSR count). The Hall–Kier alpha value is -2.69. The Morgan fingerprint density at radius 2 is 2.21 bits per heavy atom. The lowest BCUT2D eigenvalue weighted by Gasteiger charge is -2.11. The molecule has 2 aliphatic carbocycles. The summed E-state index contributed by atoms with van der Waals surface area (Å²) in [6.45, 7) is 0.420. The maximum atomic E-state index is 12.6. The van der Waals surface area contributed by atoms with Crippen LogP contribution in [0, 0.1) is 5.92 Å². The Bertz CT molecular complexity index is 914. The molecule has 0 bridgehead atoms. The highest BCUT2D eigenvalue weighted by Crippen LogP contribution is 2.61. The van der Waals surface area contributed by atoms with E-state index in [4.69, 9.17) is 0 Å². The smallest absolute Gasteiger partial charge is 0.224 e. The second kappa shape index (κ2) is 4.90. The summed E-state index contributed by atoms with van der Waals surface area (Å²) in [6.07, 6.45) is 4.88. The lowest BCUT2D eigenvalue weighted by molar-refractivity contribution is -0.123. The predicted molar refractivity (Wildman–Crippen MR) is 90.3 cm³/mol. The summed E-state index contributed by atoms with van der Waals surface area (Å²) in [5.41, 5.74) is 4.48. The lowest BCUT2D eigenvalue weighted by Crippen LogP contribution is -2.28. The van der Waals surface area contributed by atoms with Crippen molar-refractivity contribution in [2.24, 2.45) is 5.92 Å². The second-order valence-electron chi connectivity index (χ2n) is 6.85. The van der Waals surface area contributed by atoms with E-state index in [9.17, 15) is 4.79 Å². The number of nitrogens with zero attached hydrogens (tertiary/aromatic N) is 2. The van der Waals surface area contributed by atoms with Crippen molar-refractivity contribution in [2.45, 2.75) is 31.2 Å². The highest BCUT2D eigenvalue weighted by Gasteiger charge is 2.61. The summed E-state index contributed by atoms with van der Waals surface area (Å²) in [5, 5.41) is 3.04. The molecule has 2 N–H and O–H groups in total. The summed E-state index contributed by atoms with van der Waals surface area (Å²) < 4.78 is 0. The van der Waals surface area contributed by atoms with Crippen molar-refractivity contribution in [3.05, 3.63) is 59.5 Å². The van der Waals surface area contributed by atoms with Crippen LogP contribution < -0.4 is 5.32 Å². The van der Waals surface area contributed by atoms with Gasteiger partial charge in [-0.15, -0.1) is 0 Å². The summed E-state index contributed by atoms with van der Waals surface area (Å²) in [5.74, 6) is 0.988. The molecule has 0 unspecified atom stereocenters. The van der Waals surface area contributed by atoms with Crippen LogP contribution >= 0.6 is 0 Å². The molecule has 24 heavy (non-hydrogen) atoms.